The van der Waals surface area contributed by atoms with Crippen molar-refractivity contribution >= 4 is 23.5 Å². The van der Waals surface area contributed by atoms with Crippen LogP contribution in [0, 0.1) is 23.2 Å². The molecule has 1 fully saturated rings. The lowest BCUT2D eigenvalue weighted by molar-refractivity contribution is -0.147. The number of esters is 2. The van der Waals surface area contributed by atoms with Crippen molar-refractivity contribution in [2.45, 2.75) is 72.2 Å². The highest BCUT2D eigenvalue weighted by Gasteiger charge is 2.57. The number of allylic oxidation sites excluding steroid dienone is 2. The molecule has 1 N–H and O–H groups in total. The molecule has 6 atom stereocenters. The second kappa shape index (κ2) is 10.5. The minimum atomic E-state index is -1.81. The van der Waals surface area contributed by atoms with Gasteiger partial charge in [0.1, 0.15) is 23.6 Å². The highest BCUT2D eigenvalue weighted by Crippen LogP contribution is 2.46. The van der Waals surface area contributed by atoms with Gasteiger partial charge in [-0.2, -0.15) is 0 Å². The maximum absolute atomic E-state index is 13.6. The van der Waals surface area contributed by atoms with E-state index in [4.69, 9.17) is 9.47 Å². The lowest BCUT2D eigenvalue weighted by Gasteiger charge is -2.33. The van der Waals surface area contributed by atoms with Crippen LogP contribution in [0.1, 0.15) is 64.7 Å². The fraction of sp³-hybridized carbons (Fsp3) is 0.517. The molecule has 3 rings (SSSR count). The van der Waals surface area contributed by atoms with Crippen molar-refractivity contribution in [1.82, 2.24) is 0 Å². The summed E-state index contributed by atoms with van der Waals surface area (Å²) in [6.45, 7) is 9.97. The number of benzene rings is 1. The summed E-state index contributed by atoms with van der Waals surface area (Å²) in [5, 5.41) is 11.8. The van der Waals surface area contributed by atoms with Crippen molar-refractivity contribution in [3.05, 3.63) is 59.7 Å². The Morgan fingerprint density at radius 3 is 2.31 bits per heavy atom. The number of rotatable bonds is 3. The zero-order valence-corrected chi connectivity index (χ0v) is 21.8. The molecule has 1 aromatic carbocycles. The first-order valence-electron chi connectivity index (χ1n) is 12.4. The molecule has 0 spiro atoms. The molecule has 0 aromatic heterocycles. The number of carbonyl (C=O) groups is 4. The molecule has 7 heteroatoms. The van der Waals surface area contributed by atoms with Crippen molar-refractivity contribution in [3.8, 4) is 0 Å². The fourth-order valence-electron chi connectivity index (χ4n) is 5.10. The molecule has 0 amide bonds. The van der Waals surface area contributed by atoms with Crippen LogP contribution in [-0.4, -0.2) is 46.4 Å². The second-order valence-electron chi connectivity index (χ2n) is 10.7. The summed E-state index contributed by atoms with van der Waals surface area (Å²) in [7, 11) is 0. The van der Waals surface area contributed by atoms with E-state index in [0.29, 0.717) is 11.1 Å². The average molecular weight is 497 g/mol. The smallest absolute Gasteiger partial charge is 0.338 e. The standard InChI is InChI=1S/C29H36O7/c1-17-12-13-28(5,6)24(31)15-23(35-20(4)30)18(2)14-22-25(19(3)16-29(22,34)26(17)32)36-27(33)21-10-8-7-9-11-21/h7-14,17,19,22-23,25,34H,15-16H2,1-6H3/b13-12+,18-14?/t17-,19-,22+,23+,25-,29-/m0/s1. The zero-order chi connectivity index (χ0) is 26.8. The summed E-state index contributed by atoms with van der Waals surface area (Å²) in [5.74, 6) is -3.55. The van der Waals surface area contributed by atoms with E-state index in [1.165, 1.54) is 6.92 Å². The van der Waals surface area contributed by atoms with Crippen LogP contribution in [-0.2, 0) is 23.9 Å². The quantitative estimate of drug-likeness (QED) is 0.493. The van der Waals surface area contributed by atoms with Gasteiger partial charge >= 0.3 is 11.9 Å². The van der Waals surface area contributed by atoms with Gasteiger partial charge in [-0.15, -0.1) is 0 Å². The molecule has 0 unspecified atom stereocenters. The summed E-state index contributed by atoms with van der Waals surface area (Å²) in [6, 6.07) is 8.52. The predicted octanol–water partition coefficient (Wildman–Crippen LogP) is 4.24. The van der Waals surface area contributed by atoms with E-state index in [1.807, 2.05) is 6.92 Å². The van der Waals surface area contributed by atoms with Crippen LogP contribution in [0.5, 0.6) is 0 Å². The van der Waals surface area contributed by atoms with Crippen LogP contribution in [0.4, 0.5) is 0 Å². The lowest BCUT2D eigenvalue weighted by Crippen LogP contribution is -2.47. The SMILES string of the molecule is CC(=O)O[C@@H]1CC(=O)C(C)(C)/C=C/[C@H](C)C(=O)[C@]2(O)C[C@H](C)[C@H](OC(=O)c3ccccc3)[C@H]2C=C1C. The Balaban J connectivity index is 2.10. The van der Waals surface area contributed by atoms with E-state index in [-0.39, 0.29) is 24.5 Å². The van der Waals surface area contributed by atoms with Gasteiger partial charge in [-0.1, -0.05) is 50.3 Å². The van der Waals surface area contributed by atoms with Gasteiger partial charge in [0, 0.05) is 24.7 Å². The van der Waals surface area contributed by atoms with E-state index in [9.17, 15) is 24.3 Å². The van der Waals surface area contributed by atoms with Gasteiger partial charge < -0.3 is 14.6 Å². The van der Waals surface area contributed by atoms with Gasteiger partial charge in [0.15, 0.2) is 5.78 Å². The Labute approximate surface area is 212 Å². The molecule has 7 nitrogen and oxygen atoms in total. The minimum Gasteiger partial charge on any atom is -0.458 e. The first-order chi connectivity index (χ1) is 16.8. The number of Topliss-reactive ketones (excluding diaryl/α,β-unsaturated/α-hetero) is 2. The molecule has 0 saturated heterocycles. The van der Waals surface area contributed by atoms with E-state index in [2.05, 4.69) is 0 Å². The number of ether oxygens (including phenoxy) is 2. The highest BCUT2D eigenvalue weighted by atomic mass is 16.5. The Bertz CT molecular complexity index is 1080. The van der Waals surface area contributed by atoms with E-state index in [1.54, 1.807) is 76.3 Å². The average Bonchev–Trinajstić information content (AvgIpc) is 3.05. The van der Waals surface area contributed by atoms with E-state index >= 15 is 0 Å². The molecule has 0 bridgehead atoms. The molecule has 2 aliphatic carbocycles. The summed E-state index contributed by atoms with van der Waals surface area (Å²) in [5.41, 5.74) is -1.83. The number of ketones is 2. The van der Waals surface area contributed by atoms with Gasteiger partial charge in [0.05, 0.1) is 11.5 Å². The van der Waals surface area contributed by atoms with Gasteiger partial charge in [0.25, 0.3) is 0 Å². The largest absolute Gasteiger partial charge is 0.458 e. The predicted molar refractivity (Wildman–Crippen MR) is 134 cm³/mol. The van der Waals surface area contributed by atoms with E-state index in [0.717, 1.165) is 0 Å². The molecule has 36 heavy (non-hydrogen) atoms. The third-order valence-corrected chi connectivity index (χ3v) is 7.34. The van der Waals surface area contributed by atoms with Crippen LogP contribution in [0.3, 0.4) is 0 Å². The van der Waals surface area contributed by atoms with Gasteiger partial charge in [0.2, 0.25) is 0 Å². The Kier molecular flexibility index (Phi) is 8.04. The van der Waals surface area contributed by atoms with Crippen molar-refractivity contribution in [3.63, 3.8) is 0 Å². The van der Waals surface area contributed by atoms with Crippen molar-refractivity contribution in [2.24, 2.45) is 23.2 Å². The first-order valence-corrected chi connectivity index (χ1v) is 12.4. The van der Waals surface area contributed by atoms with Crippen molar-refractivity contribution in [2.75, 3.05) is 0 Å². The van der Waals surface area contributed by atoms with Crippen LogP contribution < -0.4 is 0 Å². The van der Waals surface area contributed by atoms with Crippen LogP contribution in [0.2, 0.25) is 0 Å². The summed E-state index contributed by atoms with van der Waals surface area (Å²) in [6.07, 6.45) is 3.33. The van der Waals surface area contributed by atoms with Crippen molar-refractivity contribution < 1.29 is 33.8 Å². The van der Waals surface area contributed by atoms with Gasteiger partial charge in [-0.25, -0.2) is 4.79 Å². The Morgan fingerprint density at radius 1 is 1.06 bits per heavy atom. The van der Waals surface area contributed by atoms with Crippen molar-refractivity contribution in [1.29, 1.82) is 0 Å². The molecule has 0 radical (unpaired) electrons. The molecule has 1 aromatic rings. The number of fused-ring (bicyclic) bond motifs is 1. The van der Waals surface area contributed by atoms with Crippen LogP contribution in [0.25, 0.3) is 0 Å². The number of aliphatic hydroxyl groups is 1. The summed E-state index contributed by atoms with van der Waals surface area (Å²) >= 11 is 0. The lowest BCUT2D eigenvalue weighted by atomic mass is 9.77. The zero-order valence-electron chi connectivity index (χ0n) is 21.8. The third-order valence-electron chi connectivity index (χ3n) is 7.34. The Hall–Kier alpha value is -3.06. The molecule has 1 saturated carbocycles. The minimum absolute atomic E-state index is 0.0588. The number of hydrogen-bond acceptors (Lipinski definition) is 7. The first kappa shape index (κ1) is 27.5. The molecular weight excluding hydrogens is 460 g/mol. The Morgan fingerprint density at radius 2 is 1.69 bits per heavy atom. The van der Waals surface area contributed by atoms with E-state index < -0.39 is 52.8 Å². The topological polar surface area (TPSA) is 107 Å². The fourth-order valence-corrected chi connectivity index (χ4v) is 5.10. The normalized spacial score (nSPS) is 33.4. The molecule has 194 valence electrons. The summed E-state index contributed by atoms with van der Waals surface area (Å²) < 4.78 is 11.4. The maximum Gasteiger partial charge on any atom is 0.338 e. The molecule has 2 aliphatic rings. The van der Waals surface area contributed by atoms with Gasteiger partial charge in [-0.05, 0) is 50.8 Å². The molecule has 0 heterocycles. The molecular formula is C29H36O7. The number of hydrogen-bond donors (Lipinski definition) is 1. The monoisotopic (exact) mass is 496 g/mol. The number of carbonyl (C=O) groups excluding carboxylic acids is 4. The maximum atomic E-state index is 13.6. The van der Waals surface area contributed by atoms with Crippen LogP contribution in [0.15, 0.2) is 54.1 Å². The van der Waals surface area contributed by atoms with Crippen LogP contribution >= 0.6 is 0 Å². The second-order valence-corrected chi connectivity index (χ2v) is 10.7. The highest BCUT2D eigenvalue weighted by molar-refractivity contribution is 5.93. The van der Waals surface area contributed by atoms with Gasteiger partial charge in [-0.3, -0.25) is 14.4 Å². The molecule has 0 aliphatic heterocycles. The summed E-state index contributed by atoms with van der Waals surface area (Å²) in [4.78, 5) is 51.5. The third kappa shape index (κ3) is 5.67.